The van der Waals surface area contributed by atoms with Crippen LogP contribution < -0.4 is 5.32 Å². The third-order valence-electron chi connectivity index (χ3n) is 3.93. The highest BCUT2D eigenvalue weighted by atomic mass is 16.2. The summed E-state index contributed by atoms with van der Waals surface area (Å²) >= 11 is 0. The van der Waals surface area contributed by atoms with E-state index in [1.807, 2.05) is 17.0 Å². The number of likely N-dealkylation sites (tertiary alicyclic amines) is 1. The Morgan fingerprint density at radius 1 is 1.38 bits per heavy atom. The Balaban J connectivity index is 2.10. The van der Waals surface area contributed by atoms with Crippen LogP contribution in [0, 0.1) is 5.92 Å². The van der Waals surface area contributed by atoms with Gasteiger partial charge in [0.2, 0.25) is 0 Å². The molecule has 1 aliphatic rings. The van der Waals surface area contributed by atoms with Crippen molar-refractivity contribution in [2.24, 2.45) is 5.92 Å². The van der Waals surface area contributed by atoms with Gasteiger partial charge in [-0.2, -0.15) is 0 Å². The quantitative estimate of drug-likeness (QED) is 0.920. The van der Waals surface area contributed by atoms with Crippen LogP contribution in [0.5, 0.6) is 0 Å². The maximum Gasteiger partial charge on any atom is 0.272 e. The lowest BCUT2D eigenvalue weighted by atomic mass is 10.1. The second kappa shape index (κ2) is 6.43. The van der Waals surface area contributed by atoms with Crippen molar-refractivity contribution in [1.82, 2.24) is 14.8 Å². The van der Waals surface area contributed by atoms with Gasteiger partial charge in [-0.1, -0.05) is 13.0 Å². The Morgan fingerprint density at radius 2 is 2.10 bits per heavy atom. The Hall–Kier alpha value is -1.62. The van der Waals surface area contributed by atoms with Gasteiger partial charge in [-0.25, -0.2) is 4.98 Å². The maximum absolute atomic E-state index is 12.6. The van der Waals surface area contributed by atoms with Crippen LogP contribution >= 0.6 is 0 Å². The highest BCUT2D eigenvalue weighted by molar-refractivity contribution is 5.93. The largest absolute Gasteiger partial charge is 0.368 e. The summed E-state index contributed by atoms with van der Waals surface area (Å²) in [5.41, 5.74) is 0.521. The average Bonchev–Trinajstić information content (AvgIpc) is 2.79. The van der Waals surface area contributed by atoms with E-state index in [-0.39, 0.29) is 5.91 Å². The van der Waals surface area contributed by atoms with Gasteiger partial charge in [0.25, 0.3) is 5.91 Å². The summed E-state index contributed by atoms with van der Waals surface area (Å²) in [6, 6.07) is 6.29. The molecule has 1 saturated heterocycles. The molecule has 1 aromatic rings. The molecule has 2 rings (SSSR count). The molecule has 1 amide bonds. The van der Waals surface area contributed by atoms with Gasteiger partial charge in [0.15, 0.2) is 0 Å². The van der Waals surface area contributed by atoms with Crippen LogP contribution in [-0.4, -0.2) is 60.0 Å². The van der Waals surface area contributed by atoms with Crippen LogP contribution in [0.15, 0.2) is 18.2 Å². The fourth-order valence-electron chi connectivity index (χ4n) is 2.88. The lowest BCUT2D eigenvalue weighted by molar-refractivity contribution is 0.0775. The van der Waals surface area contributed by atoms with Crippen molar-refractivity contribution in [2.45, 2.75) is 32.9 Å². The molecule has 0 aliphatic carbocycles. The van der Waals surface area contributed by atoms with Gasteiger partial charge in [-0.3, -0.25) is 4.79 Å². The molecule has 116 valence electrons. The Kier molecular flexibility index (Phi) is 4.83. The first-order valence-electron chi connectivity index (χ1n) is 7.57. The zero-order valence-electron chi connectivity index (χ0n) is 13.6. The number of hydrogen-bond donors (Lipinski definition) is 1. The van der Waals surface area contributed by atoms with E-state index in [1.165, 1.54) is 0 Å². The zero-order valence-corrected chi connectivity index (χ0v) is 13.6. The topological polar surface area (TPSA) is 48.5 Å². The number of carbonyl (C=O) groups is 1. The van der Waals surface area contributed by atoms with Crippen molar-refractivity contribution >= 4 is 11.7 Å². The molecule has 1 aromatic heterocycles. The van der Waals surface area contributed by atoms with Crippen LogP contribution in [0.4, 0.5) is 5.82 Å². The molecule has 5 heteroatoms. The maximum atomic E-state index is 12.6. The molecule has 1 N–H and O–H groups in total. The normalized spacial score (nSPS) is 22.1. The number of rotatable bonds is 4. The zero-order chi connectivity index (χ0) is 15.6. The second-order valence-electron chi connectivity index (χ2n) is 6.43. The molecular weight excluding hydrogens is 264 g/mol. The van der Waals surface area contributed by atoms with Crippen molar-refractivity contribution < 1.29 is 4.79 Å². The third kappa shape index (κ3) is 3.73. The van der Waals surface area contributed by atoms with Crippen molar-refractivity contribution in [3.05, 3.63) is 23.9 Å². The molecule has 0 saturated carbocycles. The van der Waals surface area contributed by atoms with Crippen molar-refractivity contribution in [3.63, 3.8) is 0 Å². The Morgan fingerprint density at radius 3 is 2.67 bits per heavy atom. The van der Waals surface area contributed by atoms with Crippen LogP contribution in [-0.2, 0) is 0 Å². The first kappa shape index (κ1) is 15.8. The standard InChI is InChI=1S/C16H26N4O/c1-11(2)17-15-8-6-7-13(18-15)16(21)20-9-12(3)14(10-20)19(4)5/h6-8,11-12,14H,9-10H2,1-5H3,(H,17,18). The van der Waals surface area contributed by atoms with Crippen LogP contribution in [0.2, 0.25) is 0 Å². The molecule has 0 bridgehead atoms. The van der Waals surface area contributed by atoms with Gasteiger partial charge in [0, 0.05) is 25.2 Å². The molecular formula is C16H26N4O. The van der Waals surface area contributed by atoms with Gasteiger partial charge in [-0.15, -0.1) is 0 Å². The summed E-state index contributed by atoms with van der Waals surface area (Å²) in [5.74, 6) is 1.27. The first-order valence-corrected chi connectivity index (χ1v) is 7.57. The number of carbonyl (C=O) groups excluding carboxylic acids is 1. The van der Waals surface area contributed by atoms with Gasteiger partial charge in [0.05, 0.1) is 0 Å². The van der Waals surface area contributed by atoms with Gasteiger partial charge >= 0.3 is 0 Å². The molecule has 2 atom stereocenters. The summed E-state index contributed by atoms with van der Waals surface area (Å²) in [7, 11) is 4.14. The first-order chi connectivity index (χ1) is 9.88. The highest BCUT2D eigenvalue weighted by Gasteiger charge is 2.34. The summed E-state index contributed by atoms with van der Waals surface area (Å²) in [5, 5.41) is 3.24. The van der Waals surface area contributed by atoms with E-state index in [9.17, 15) is 4.79 Å². The van der Waals surface area contributed by atoms with Crippen LogP contribution in [0.1, 0.15) is 31.3 Å². The van der Waals surface area contributed by atoms with E-state index in [1.54, 1.807) is 6.07 Å². The van der Waals surface area contributed by atoms with E-state index in [0.29, 0.717) is 23.7 Å². The smallest absolute Gasteiger partial charge is 0.272 e. The van der Waals surface area contributed by atoms with E-state index in [2.05, 4.69) is 50.1 Å². The monoisotopic (exact) mass is 290 g/mol. The number of nitrogens with zero attached hydrogens (tertiary/aromatic N) is 3. The van der Waals surface area contributed by atoms with E-state index in [0.717, 1.165) is 18.9 Å². The minimum Gasteiger partial charge on any atom is -0.368 e. The summed E-state index contributed by atoms with van der Waals surface area (Å²) < 4.78 is 0. The van der Waals surface area contributed by atoms with E-state index >= 15 is 0 Å². The molecule has 1 aliphatic heterocycles. The van der Waals surface area contributed by atoms with Gasteiger partial charge < -0.3 is 15.1 Å². The molecule has 0 radical (unpaired) electrons. The lowest BCUT2D eigenvalue weighted by Gasteiger charge is -2.22. The van der Waals surface area contributed by atoms with Crippen molar-refractivity contribution in [2.75, 3.05) is 32.5 Å². The van der Waals surface area contributed by atoms with E-state index < -0.39 is 0 Å². The Labute approximate surface area is 127 Å². The predicted molar refractivity (Wildman–Crippen MR) is 85.5 cm³/mol. The highest BCUT2D eigenvalue weighted by Crippen LogP contribution is 2.21. The fraction of sp³-hybridized carbons (Fsp3) is 0.625. The minimum absolute atomic E-state index is 0.0265. The molecule has 1 fully saturated rings. The SMILES string of the molecule is CC(C)Nc1cccc(C(=O)N2CC(C)C(N(C)C)C2)n1. The summed E-state index contributed by atoms with van der Waals surface area (Å²) in [6.45, 7) is 7.88. The molecule has 0 spiro atoms. The molecule has 2 heterocycles. The number of pyridine rings is 1. The number of aromatic nitrogens is 1. The van der Waals surface area contributed by atoms with E-state index in [4.69, 9.17) is 0 Å². The summed E-state index contributed by atoms with van der Waals surface area (Å²) in [6.07, 6.45) is 0. The molecule has 5 nitrogen and oxygen atoms in total. The number of nitrogens with one attached hydrogen (secondary N) is 1. The van der Waals surface area contributed by atoms with Crippen molar-refractivity contribution in [1.29, 1.82) is 0 Å². The minimum atomic E-state index is 0.0265. The van der Waals surface area contributed by atoms with Gasteiger partial charge in [-0.05, 0) is 46.0 Å². The van der Waals surface area contributed by atoms with Crippen LogP contribution in [0.3, 0.4) is 0 Å². The predicted octanol–water partition coefficient (Wildman–Crippen LogP) is 1.92. The second-order valence-corrected chi connectivity index (χ2v) is 6.43. The molecule has 2 unspecified atom stereocenters. The van der Waals surface area contributed by atoms with Crippen LogP contribution in [0.25, 0.3) is 0 Å². The van der Waals surface area contributed by atoms with Gasteiger partial charge in [0.1, 0.15) is 11.5 Å². The molecule has 21 heavy (non-hydrogen) atoms. The third-order valence-corrected chi connectivity index (χ3v) is 3.93. The number of likely N-dealkylation sites (N-methyl/N-ethyl adjacent to an activating group) is 1. The summed E-state index contributed by atoms with van der Waals surface area (Å²) in [4.78, 5) is 21.2. The molecule has 0 aromatic carbocycles. The fourth-order valence-corrected chi connectivity index (χ4v) is 2.88. The number of hydrogen-bond acceptors (Lipinski definition) is 4. The lowest BCUT2D eigenvalue weighted by Crippen LogP contribution is -2.36. The average molecular weight is 290 g/mol. The Bertz CT molecular complexity index is 501. The number of anilines is 1. The van der Waals surface area contributed by atoms with Crippen molar-refractivity contribution in [3.8, 4) is 0 Å². The number of amides is 1.